The highest BCUT2D eigenvalue weighted by Crippen LogP contribution is 2.35. The van der Waals surface area contributed by atoms with Crippen LogP contribution in [0.15, 0.2) is 65.6 Å². The summed E-state index contributed by atoms with van der Waals surface area (Å²) < 4.78 is 10.6. The lowest BCUT2D eigenvalue weighted by Crippen LogP contribution is -2.36. The van der Waals surface area contributed by atoms with E-state index in [1.165, 1.54) is 7.11 Å². The van der Waals surface area contributed by atoms with Crippen molar-refractivity contribution in [2.45, 2.75) is 0 Å². The predicted octanol–water partition coefficient (Wildman–Crippen LogP) is 4.53. The monoisotopic (exact) mass is 448 g/mol. The fourth-order valence-corrected chi connectivity index (χ4v) is 4.29. The molecule has 3 aromatic rings. The van der Waals surface area contributed by atoms with Crippen LogP contribution in [0, 0.1) is 0 Å². The largest absolute Gasteiger partial charge is 0.496 e. The molecule has 7 nitrogen and oxygen atoms in total. The standard InChI is InChI=1S/C24H20N2O5S/c1-30-19-12-11-15(16-7-3-4-8-17(16)19)13-21-23(28)26(24(29)32-21)14-22(27)25-18-9-5-6-10-20(18)31-2/h3-13H,14H2,1-2H3,(H,25,27)/b21-13+. The van der Waals surface area contributed by atoms with E-state index in [9.17, 15) is 14.4 Å². The van der Waals surface area contributed by atoms with Gasteiger partial charge in [-0.15, -0.1) is 0 Å². The molecule has 32 heavy (non-hydrogen) atoms. The van der Waals surface area contributed by atoms with Gasteiger partial charge in [-0.05, 0) is 47.0 Å². The number of carbonyl (C=O) groups is 3. The summed E-state index contributed by atoms with van der Waals surface area (Å²) in [6.45, 7) is -0.386. The van der Waals surface area contributed by atoms with Crippen LogP contribution in [-0.4, -0.2) is 42.7 Å². The molecule has 162 valence electrons. The molecule has 1 aliphatic rings. The van der Waals surface area contributed by atoms with Gasteiger partial charge in [0.1, 0.15) is 18.0 Å². The lowest BCUT2D eigenvalue weighted by molar-refractivity contribution is -0.127. The van der Waals surface area contributed by atoms with E-state index < -0.39 is 17.1 Å². The molecule has 0 saturated carbocycles. The lowest BCUT2D eigenvalue weighted by atomic mass is 10.0. The van der Waals surface area contributed by atoms with E-state index >= 15 is 0 Å². The number of hydrogen-bond acceptors (Lipinski definition) is 6. The van der Waals surface area contributed by atoms with Crippen molar-refractivity contribution in [2.75, 3.05) is 26.1 Å². The molecule has 4 rings (SSSR count). The Morgan fingerprint density at radius 2 is 1.62 bits per heavy atom. The van der Waals surface area contributed by atoms with Gasteiger partial charge in [-0.1, -0.05) is 42.5 Å². The van der Waals surface area contributed by atoms with Crippen molar-refractivity contribution in [3.8, 4) is 11.5 Å². The maximum absolute atomic E-state index is 12.9. The second-order valence-electron chi connectivity index (χ2n) is 6.92. The summed E-state index contributed by atoms with van der Waals surface area (Å²) in [4.78, 5) is 39.0. The molecule has 0 radical (unpaired) electrons. The lowest BCUT2D eigenvalue weighted by Gasteiger charge is -2.14. The third-order valence-electron chi connectivity index (χ3n) is 4.98. The summed E-state index contributed by atoms with van der Waals surface area (Å²) in [6.07, 6.45) is 1.67. The molecule has 1 fully saturated rings. The molecule has 1 heterocycles. The Hall–Kier alpha value is -3.78. The number of ether oxygens (including phenoxy) is 2. The number of nitrogens with zero attached hydrogens (tertiary/aromatic N) is 1. The minimum absolute atomic E-state index is 0.260. The average molecular weight is 449 g/mol. The van der Waals surface area contributed by atoms with Gasteiger partial charge < -0.3 is 14.8 Å². The quantitative estimate of drug-likeness (QED) is 0.558. The number of amides is 3. The minimum atomic E-state index is -0.505. The molecule has 0 aliphatic carbocycles. The number of carbonyl (C=O) groups excluding carboxylic acids is 3. The molecule has 0 spiro atoms. The van der Waals surface area contributed by atoms with Crippen LogP contribution in [0.4, 0.5) is 10.5 Å². The summed E-state index contributed by atoms with van der Waals surface area (Å²) in [7, 11) is 3.10. The first-order valence-corrected chi connectivity index (χ1v) is 10.6. The van der Waals surface area contributed by atoms with Gasteiger partial charge in [0.15, 0.2) is 0 Å². The van der Waals surface area contributed by atoms with E-state index in [0.29, 0.717) is 11.4 Å². The Morgan fingerprint density at radius 3 is 2.38 bits per heavy atom. The Kier molecular flexibility index (Phi) is 6.13. The molecule has 1 aliphatic heterocycles. The third-order valence-corrected chi connectivity index (χ3v) is 5.89. The number of para-hydroxylation sites is 2. The number of nitrogens with one attached hydrogen (secondary N) is 1. The van der Waals surface area contributed by atoms with Crippen molar-refractivity contribution < 1.29 is 23.9 Å². The zero-order valence-electron chi connectivity index (χ0n) is 17.5. The number of fused-ring (bicyclic) bond motifs is 1. The minimum Gasteiger partial charge on any atom is -0.496 e. The average Bonchev–Trinajstić information content (AvgIpc) is 3.07. The molecule has 0 aromatic heterocycles. The molecular weight excluding hydrogens is 428 g/mol. The number of imide groups is 1. The molecule has 3 aromatic carbocycles. The van der Waals surface area contributed by atoms with Gasteiger partial charge in [0.25, 0.3) is 11.1 Å². The Balaban J connectivity index is 1.55. The number of anilines is 1. The molecule has 3 amide bonds. The van der Waals surface area contributed by atoms with E-state index in [-0.39, 0.29) is 11.4 Å². The van der Waals surface area contributed by atoms with Crippen LogP contribution in [-0.2, 0) is 9.59 Å². The molecule has 8 heteroatoms. The molecule has 0 bridgehead atoms. The van der Waals surface area contributed by atoms with Crippen molar-refractivity contribution in [1.29, 1.82) is 0 Å². The number of benzene rings is 3. The van der Waals surface area contributed by atoms with Crippen LogP contribution in [0.1, 0.15) is 5.56 Å². The SMILES string of the molecule is COc1ccccc1NC(=O)CN1C(=O)S/C(=C/c2ccc(OC)c3ccccc23)C1=O. The molecule has 1 N–H and O–H groups in total. The van der Waals surface area contributed by atoms with Crippen LogP contribution in [0.3, 0.4) is 0 Å². The van der Waals surface area contributed by atoms with Gasteiger partial charge in [0.05, 0.1) is 24.8 Å². The summed E-state index contributed by atoms with van der Waals surface area (Å²) in [5.74, 6) is 0.211. The van der Waals surface area contributed by atoms with Gasteiger partial charge in [0.2, 0.25) is 5.91 Å². The van der Waals surface area contributed by atoms with E-state index in [2.05, 4.69) is 5.32 Å². The van der Waals surface area contributed by atoms with Crippen molar-refractivity contribution in [3.05, 3.63) is 71.1 Å². The van der Waals surface area contributed by atoms with Crippen molar-refractivity contribution in [2.24, 2.45) is 0 Å². The van der Waals surface area contributed by atoms with Crippen LogP contribution >= 0.6 is 11.8 Å². The van der Waals surface area contributed by atoms with Gasteiger partial charge in [-0.3, -0.25) is 19.3 Å². The van der Waals surface area contributed by atoms with Crippen LogP contribution in [0.25, 0.3) is 16.8 Å². The zero-order chi connectivity index (χ0) is 22.7. The summed E-state index contributed by atoms with van der Waals surface area (Å²) in [5.41, 5.74) is 1.25. The first-order valence-electron chi connectivity index (χ1n) is 9.76. The predicted molar refractivity (Wildman–Crippen MR) is 125 cm³/mol. The molecular formula is C24H20N2O5S. The van der Waals surface area contributed by atoms with Crippen molar-refractivity contribution in [3.63, 3.8) is 0 Å². The first-order chi connectivity index (χ1) is 15.5. The highest BCUT2D eigenvalue weighted by molar-refractivity contribution is 8.18. The van der Waals surface area contributed by atoms with E-state index in [1.807, 2.05) is 36.4 Å². The summed E-state index contributed by atoms with van der Waals surface area (Å²) in [6, 6.07) is 18.2. The maximum atomic E-state index is 12.9. The smallest absolute Gasteiger partial charge is 0.294 e. The first kappa shape index (κ1) is 21.5. The number of rotatable bonds is 6. The van der Waals surface area contributed by atoms with Gasteiger partial charge in [-0.2, -0.15) is 0 Å². The molecule has 1 saturated heterocycles. The van der Waals surface area contributed by atoms with Crippen LogP contribution < -0.4 is 14.8 Å². The highest BCUT2D eigenvalue weighted by Gasteiger charge is 2.36. The van der Waals surface area contributed by atoms with Crippen LogP contribution in [0.5, 0.6) is 11.5 Å². The topological polar surface area (TPSA) is 84.9 Å². The zero-order valence-corrected chi connectivity index (χ0v) is 18.3. The van der Waals surface area contributed by atoms with Crippen molar-refractivity contribution >= 4 is 51.4 Å². The van der Waals surface area contributed by atoms with Gasteiger partial charge in [0, 0.05) is 5.39 Å². The summed E-state index contributed by atoms with van der Waals surface area (Å²) in [5, 5.41) is 3.98. The Morgan fingerprint density at radius 1 is 0.938 bits per heavy atom. The van der Waals surface area contributed by atoms with E-state index in [4.69, 9.17) is 9.47 Å². The molecule has 0 atom stereocenters. The maximum Gasteiger partial charge on any atom is 0.294 e. The van der Waals surface area contributed by atoms with E-state index in [0.717, 1.165) is 38.7 Å². The Bertz CT molecular complexity index is 1250. The highest BCUT2D eigenvalue weighted by atomic mass is 32.2. The van der Waals surface area contributed by atoms with E-state index in [1.54, 1.807) is 37.5 Å². The number of hydrogen-bond donors (Lipinski definition) is 1. The third kappa shape index (κ3) is 4.17. The van der Waals surface area contributed by atoms with Gasteiger partial charge in [-0.25, -0.2) is 0 Å². The second-order valence-corrected chi connectivity index (χ2v) is 7.91. The number of thioether (sulfide) groups is 1. The fourth-order valence-electron chi connectivity index (χ4n) is 3.46. The van der Waals surface area contributed by atoms with Crippen molar-refractivity contribution in [1.82, 2.24) is 4.90 Å². The summed E-state index contributed by atoms with van der Waals surface area (Å²) >= 11 is 0.814. The Labute approximate surface area is 189 Å². The fraction of sp³-hybridized carbons (Fsp3) is 0.125. The molecule has 0 unspecified atom stereocenters. The number of methoxy groups -OCH3 is 2. The van der Waals surface area contributed by atoms with Crippen LogP contribution in [0.2, 0.25) is 0 Å². The second kappa shape index (κ2) is 9.15. The van der Waals surface area contributed by atoms with Gasteiger partial charge >= 0.3 is 0 Å². The normalized spacial score (nSPS) is 14.8.